The Morgan fingerprint density at radius 1 is 0.337 bits per heavy atom. The minimum Gasteiger partial charge on any atom is -0.462 e. The number of hydrogen-bond acceptors (Lipinski definition) is 15. The highest BCUT2D eigenvalue weighted by atomic mass is 31.2. The van der Waals surface area contributed by atoms with E-state index in [1.165, 1.54) is 154 Å². The second-order valence-corrected chi connectivity index (χ2v) is 27.8. The van der Waals surface area contributed by atoms with Crippen molar-refractivity contribution >= 4 is 39.5 Å². The first kappa shape index (κ1) is 84.1. The predicted octanol–water partition coefficient (Wildman–Crippen LogP) is 18.8. The van der Waals surface area contributed by atoms with E-state index in [2.05, 4.69) is 41.5 Å². The minimum absolute atomic E-state index is 0.103. The van der Waals surface area contributed by atoms with Crippen molar-refractivity contribution in [3.63, 3.8) is 0 Å². The van der Waals surface area contributed by atoms with Gasteiger partial charge in [-0.05, 0) is 37.5 Å². The van der Waals surface area contributed by atoms with Crippen molar-refractivity contribution in [3.8, 4) is 0 Å². The average molecular weight is 1270 g/mol. The fourth-order valence-corrected chi connectivity index (χ4v) is 11.6. The monoisotopic (exact) mass is 1270 g/mol. The van der Waals surface area contributed by atoms with Gasteiger partial charge in [-0.3, -0.25) is 37.3 Å². The number of phosphoric acid groups is 2. The van der Waals surface area contributed by atoms with Crippen LogP contribution in [-0.2, 0) is 65.4 Å². The van der Waals surface area contributed by atoms with Gasteiger partial charge >= 0.3 is 39.5 Å². The molecular weight excluding hydrogens is 1140 g/mol. The first-order valence-corrected chi connectivity index (χ1v) is 38.0. The van der Waals surface area contributed by atoms with Gasteiger partial charge in [-0.25, -0.2) is 9.13 Å². The van der Waals surface area contributed by atoms with Gasteiger partial charge in [0, 0.05) is 25.7 Å². The number of aliphatic hydroxyl groups is 1. The molecule has 6 atom stereocenters. The third kappa shape index (κ3) is 59.7. The quantitative estimate of drug-likeness (QED) is 0.0222. The molecule has 510 valence electrons. The predicted molar refractivity (Wildman–Crippen MR) is 345 cm³/mol. The Balaban J connectivity index is 5.24. The normalized spacial score (nSPS) is 14.5. The molecule has 0 aliphatic heterocycles. The summed E-state index contributed by atoms with van der Waals surface area (Å²) in [7, 11) is -9.89. The molecule has 0 fully saturated rings. The van der Waals surface area contributed by atoms with E-state index in [4.69, 9.17) is 37.0 Å². The number of hydrogen-bond donors (Lipinski definition) is 3. The number of carbonyl (C=O) groups is 4. The molecule has 0 rings (SSSR count). The standard InChI is InChI=1S/C67H130O17P2/c1-7-10-12-14-16-18-19-23-27-31-38-44-50-65(70)78-55-62(83-66(71)51-45-39-32-28-24-21-20-22-26-29-35-41-47-59(4)5)57-81-85(73,74)79-53-61(68)54-80-86(75,76)82-58-63(56-77-64(69)49-43-37-30-25-17-15-13-11-8-2)84-67(72)52-46-40-34-33-36-42-48-60(6)9-3/h59-63,68H,7-58H2,1-6H3,(H,73,74)(H,75,76)/t60?,61-,62-,63-/m1/s1. The number of rotatable bonds is 66. The van der Waals surface area contributed by atoms with Gasteiger partial charge in [0.05, 0.1) is 26.4 Å². The van der Waals surface area contributed by atoms with E-state index in [1.54, 1.807) is 0 Å². The van der Waals surface area contributed by atoms with E-state index in [1.807, 2.05) is 0 Å². The van der Waals surface area contributed by atoms with Crippen LogP contribution < -0.4 is 0 Å². The highest BCUT2D eigenvalue weighted by Crippen LogP contribution is 2.45. The minimum atomic E-state index is -4.95. The van der Waals surface area contributed by atoms with Crippen LogP contribution in [0.5, 0.6) is 0 Å². The summed E-state index contributed by atoms with van der Waals surface area (Å²) in [5.74, 6) is -0.634. The van der Waals surface area contributed by atoms with Crippen LogP contribution in [0.15, 0.2) is 0 Å². The van der Waals surface area contributed by atoms with Crippen LogP contribution in [-0.4, -0.2) is 96.7 Å². The summed E-state index contributed by atoms with van der Waals surface area (Å²) in [5.41, 5.74) is 0. The van der Waals surface area contributed by atoms with Crippen LogP contribution in [0.3, 0.4) is 0 Å². The lowest BCUT2D eigenvalue weighted by Crippen LogP contribution is -2.30. The lowest BCUT2D eigenvalue weighted by Gasteiger charge is -2.21. The first-order valence-electron chi connectivity index (χ1n) is 35.0. The van der Waals surface area contributed by atoms with Crippen molar-refractivity contribution in [2.45, 2.75) is 355 Å². The maximum Gasteiger partial charge on any atom is 0.472 e. The maximum absolute atomic E-state index is 13.0. The molecule has 19 heteroatoms. The smallest absolute Gasteiger partial charge is 0.462 e. The highest BCUT2D eigenvalue weighted by molar-refractivity contribution is 7.47. The SMILES string of the molecule is CCCCCCCCCCCCCCC(=O)OC[C@H](COP(=O)(O)OC[C@@H](O)COP(=O)(O)OC[C@@H](COC(=O)CCCCCCCCCCC)OC(=O)CCCCCCCCC(C)CC)OC(=O)CCCCCCCCCCCCCCC(C)C. The molecule has 0 saturated carbocycles. The van der Waals surface area contributed by atoms with Gasteiger partial charge in [0.1, 0.15) is 19.3 Å². The summed E-state index contributed by atoms with van der Waals surface area (Å²) >= 11 is 0. The Hall–Kier alpha value is -1.94. The van der Waals surface area contributed by atoms with Crippen LogP contribution >= 0.6 is 15.6 Å². The van der Waals surface area contributed by atoms with Crippen LogP contribution in [0, 0.1) is 11.8 Å². The molecule has 0 aromatic carbocycles. The Bertz CT molecular complexity index is 1690. The van der Waals surface area contributed by atoms with Crippen LogP contribution in [0.25, 0.3) is 0 Å². The lowest BCUT2D eigenvalue weighted by atomic mass is 10.00. The zero-order chi connectivity index (χ0) is 63.6. The van der Waals surface area contributed by atoms with Gasteiger partial charge in [0.25, 0.3) is 0 Å². The van der Waals surface area contributed by atoms with Crippen LogP contribution in [0.1, 0.15) is 337 Å². The summed E-state index contributed by atoms with van der Waals surface area (Å²) in [5, 5.41) is 10.6. The zero-order valence-corrected chi connectivity index (χ0v) is 57.4. The molecule has 0 aliphatic rings. The third-order valence-corrected chi connectivity index (χ3v) is 17.7. The molecular formula is C67H130O17P2. The van der Waals surface area contributed by atoms with Gasteiger partial charge in [-0.15, -0.1) is 0 Å². The topological polar surface area (TPSA) is 237 Å². The summed E-state index contributed by atoms with van der Waals surface area (Å²) < 4.78 is 68.1. The van der Waals surface area contributed by atoms with Crippen molar-refractivity contribution in [1.82, 2.24) is 0 Å². The maximum atomic E-state index is 13.0. The molecule has 0 aromatic rings. The highest BCUT2D eigenvalue weighted by Gasteiger charge is 2.30. The zero-order valence-electron chi connectivity index (χ0n) is 55.6. The fraction of sp³-hybridized carbons (Fsp3) is 0.940. The fourth-order valence-electron chi connectivity index (χ4n) is 10.0. The molecule has 0 aromatic heterocycles. The Labute approximate surface area is 524 Å². The number of unbranched alkanes of at least 4 members (excludes halogenated alkanes) is 35. The molecule has 0 spiro atoms. The summed E-state index contributed by atoms with van der Waals surface area (Å²) in [6.45, 7) is 9.47. The molecule has 0 bridgehead atoms. The molecule has 3 N–H and O–H groups in total. The molecule has 3 unspecified atom stereocenters. The van der Waals surface area contributed by atoms with E-state index in [-0.39, 0.29) is 25.7 Å². The number of esters is 4. The molecule has 17 nitrogen and oxygen atoms in total. The van der Waals surface area contributed by atoms with E-state index in [9.17, 15) is 43.2 Å². The largest absolute Gasteiger partial charge is 0.472 e. The first-order chi connectivity index (χ1) is 41.4. The second-order valence-electron chi connectivity index (χ2n) is 24.9. The summed E-state index contributed by atoms with van der Waals surface area (Å²) in [4.78, 5) is 72.3. The van der Waals surface area contributed by atoms with Crippen molar-refractivity contribution in [2.24, 2.45) is 11.8 Å². The van der Waals surface area contributed by atoms with E-state index in [0.29, 0.717) is 25.7 Å². The van der Waals surface area contributed by atoms with E-state index < -0.39 is 97.5 Å². The lowest BCUT2D eigenvalue weighted by molar-refractivity contribution is -0.161. The molecule has 0 amide bonds. The number of carbonyl (C=O) groups excluding carboxylic acids is 4. The average Bonchev–Trinajstić information content (AvgIpc) is 3.66. The molecule has 0 saturated heterocycles. The van der Waals surface area contributed by atoms with Crippen molar-refractivity contribution in [2.75, 3.05) is 39.6 Å². The van der Waals surface area contributed by atoms with Gasteiger partial charge in [0.2, 0.25) is 0 Å². The van der Waals surface area contributed by atoms with Crippen LogP contribution in [0.4, 0.5) is 0 Å². The van der Waals surface area contributed by atoms with Crippen molar-refractivity contribution < 1.29 is 80.2 Å². The Morgan fingerprint density at radius 2 is 0.593 bits per heavy atom. The van der Waals surface area contributed by atoms with E-state index >= 15 is 0 Å². The number of phosphoric ester groups is 2. The van der Waals surface area contributed by atoms with Crippen LogP contribution in [0.2, 0.25) is 0 Å². The second kappa shape index (κ2) is 59.4. The van der Waals surface area contributed by atoms with Gasteiger partial charge in [0.15, 0.2) is 12.2 Å². The molecule has 0 heterocycles. The summed E-state index contributed by atoms with van der Waals surface area (Å²) in [6.07, 6.45) is 43.0. The Kier molecular flexibility index (Phi) is 58.0. The van der Waals surface area contributed by atoms with E-state index in [0.717, 1.165) is 102 Å². The Morgan fingerprint density at radius 3 is 0.884 bits per heavy atom. The van der Waals surface area contributed by atoms with Gasteiger partial charge < -0.3 is 33.8 Å². The van der Waals surface area contributed by atoms with Crippen molar-refractivity contribution in [1.29, 1.82) is 0 Å². The molecule has 86 heavy (non-hydrogen) atoms. The third-order valence-electron chi connectivity index (χ3n) is 15.8. The van der Waals surface area contributed by atoms with Gasteiger partial charge in [-0.2, -0.15) is 0 Å². The summed E-state index contributed by atoms with van der Waals surface area (Å²) in [6, 6.07) is 0. The number of ether oxygens (including phenoxy) is 4. The molecule has 0 aliphatic carbocycles. The van der Waals surface area contributed by atoms with Gasteiger partial charge in [-0.1, -0.05) is 286 Å². The number of aliphatic hydroxyl groups excluding tert-OH is 1. The van der Waals surface area contributed by atoms with Crippen molar-refractivity contribution in [3.05, 3.63) is 0 Å². The molecule has 0 radical (unpaired) electrons.